The minimum Gasteiger partial charge on any atom is -0.370 e. The number of nitrogens with one attached hydrogen (secondary N) is 1. The van der Waals surface area contributed by atoms with Gasteiger partial charge in [-0.3, -0.25) is 0 Å². The van der Waals surface area contributed by atoms with Crippen molar-refractivity contribution in [1.29, 1.82) is 0 Å². The van der Waals surface area contributed by atoms with Crippen molar-refractivity contribution in [3.05, 3.63) is 53.7 Å². The van der Waals surface area contributed by atoms with Crippen LogP contribution in [0.25, 0.3) is 0 Å². The second-order valence-electron chi connectivity index (χ2n) is 6.36. The molecule has 0 radical (unpaired) electrons. The third-order valence-corrected chi connectivity index (χ3v) is 6.32. The maximum absolute atomic E-state index is 12.5. The molecule has 3 rings (SSSR count). The van der Waals surface area contributed by atoms with E-state index in [4.69, 9.17) is 0 Å². The molecular weight excluding hydrogens is 379 g/mol. The summed E-state index contributed by atoms with van der Waals surface area (Å²) in [7, 11) is -3.48. The molecule has 0 unspecified atom stereocenters. The fourth-order valence-corrected chi connectivity index (χ4v) is 4.37. The summed E-state index contributed by atoms with van der Waals surface area (Å²) in [5.74, 6) is 0.516. The zero-order valence-electron chi connectivity index (χ0n) is 14.5. The summed E-state index contributed by atoms with van der Waals surface area (Å²) in [5, 5.41) is 3.04. The van der Waals surface area contributed by atoms with Gasteiger partial charge in [0.25, 0.3) is 0 Å². The number of rotatable bonds is 6. The zero-order valence-corrected chi connectivity index (χ0v) is 15.4. The van der Waals surface area contributed by atoms with E-state index in [2.05, 4.69) is 10.3 Å². The van der Waals surface area contributed by atoms with Gasteiger partial charge in [-0.05, 0) is 49.1 Å². The smallest absolute Gasteiger partial charge is 0.370 e. The number of benzene rings is 1. The van der Waals surface area contributed by atoms with Crippen LogP contribution in [0.3, 0.4) is 0 Å². The van der Waals surface area contributed by atoms with E-state index in [1.165, 1.54) is 28.7 Å². The van der Waals surface area contributed by atoms with E-state index in [0.717, 1.165) is 30.5 Å². The van der Waals surface area contributed by atoms with Crippen LogP contribution >= 0.6 is 0 Å². The van der Waals surface area contributed by atoms with Gasteiger partial charge in [-0.15, -0.1) is 0 Å². The van der Waals surface area contributed by atoms with Crippen LogP contribution in [0.1, 0.15) is 24.0 Å². The fourth-order valence-electron chi connectivity index (χ4n) is 2.91. The lowest BCUT2D eigenvalue weighted by Crippen LogP contribution is -2.27. The molecule has 27 heavy (non-hydrogen) atoms. The van der Waals surface area contributed by atoms with Crippen molar-refractivity contribution in [1.82, 2.24) is 9.29 Å². The summed E-state index contributed by atoms with van der Waals surface area (Å²) in [4.78, 5) is 4.29. The summed E-state index contributed by atoms with van der Waals surface area (Å²) in [6, 6.07) is 8.13. The van der Waals surface area contributed by atoms with Crippen molar-refractivity contribution < 1.29 is 21.6 Å². The number of hydrogen-bond donors (Lipinski definition) is 1. The first-order chi connectivity index (χ1) is 12.8. The predicted molar refractivity (Wildman–Crippen MR) is 95.9 cm³/mol. The highest BCUT2D eigenvalue weighted by atomic mass is 32.2. The van der Waals surface area contributed by atoms with Gasteiger partial charge in [0.05, 0.1) is 5.56 Å². The second kappa shape index (κ2) is 7.85. The van der Waals surface area contributed by atoms with Gasteiger partial charge in [-0.2, -0.15) is 17.5 Å². The lowest BCUT2D eigenvalue weighted by atomic mass is 10.1. The Morgan fingerprint density at radius 1 is 1.04 bits per heavy atom. The van der Waals surface area contributed by atoms with Gasteiger partial charge in [-0.1, -0.05) is 12.1 Å². The van der Waals surface area contributed by atoms with Gasteiger partial charge in [0.1, 0.15) is 10.7 Å². The first kappa shape index (κ1) is 19.6. The number of sulfonamides is 1. The Balaban J connectivity index is 1.54. The number of aromatic nitrogens is 1. The molecule has 1 aromatic carbocycles. The number of alkyl halides is 3. The van der Waals surface area contributed by atoms with Crippen molar-refractivity contribution in [3.63, 3.8) is 0 Å². The van der Waals surface area contributed by atoms with Crippen LogP contribution < -0.4 is 5.32 Å². The van der Waals surface area contributed by atoms with E-state index in [0.29, 0.717) is 31.9 Å². The topological polar surface area (TPSA) is 62.3 Å². The Morgan fingerprint density at radius 3 is 2.26 bits per heavy atom. The van der Waals surface area contributed by atoms with Crippen molar-refractivity contribution in [2.45, 2.75) is 30.3 Å². The normalized spacial score (nSPS) is 15.8. The highest BCUT2D eigenvalue weighted by molar-refractivity contribution is 7.89. The molecule has 9 heteroatoms. The van der Waals surface area contributed by atoms with Crippen molar-refractivity contribution >= 4 is 15.8 Å². The Kier molecular flexibility index (Phi) is 5.71. The minimum absolute atomic E-state index is 0.165. The lowest BCUT2D eigenvalue weighted by Gasteiger charge is -2.15. The molecule has 1 N–H and O–H groups in total. The number of hydrogen-bond acceptors (Lipinski definition) is 4. The average molecular weight is 399 g/mol. The van der Waals surface area contributed by atoms with E-state index < -0.39 is 21.8 Å². The molecule has 0 amide bonds. The molecule has 1 fully saturated rings. The van der Waals surface area contributed by atoms with Gasteiger partial charge in [0.15, 0.2) is 0 Å². The zero-order chi connectivity index (χ0) is 19.5. The largest absolute Gasteiger partial charge is 0.416 e. The monoisotopic (exact) mass is 399 g/mol. The fraction of sp³-hybridized carbons (Fsp3) is 0.389. The van der Waals surface area contributed by atoms with Gasteiger partial charge in [0.2, 0.25) is 10.0 Å². The van der Waals surface area contributed by atoms with E-state index in [-0.39, 0.29) is 4.90 Å². The molecule has 5 nitrogen and oxygen atoms in total. The predicted octanol–water partition coefficient (Wildman–Crippen LogP) is 3.54. The molecule has 0 spiro atoms. The molecule has 0 aliphatic carbocycles. The maximum atomic E-state index is 12.5. The third-order valence-electron chi connectivity index (χ3n) is 4.44. The Hall–Kier alpha value is -2.13. The molecule has 1 aromatic heterocycles. The van der Waals surface area contributed by atoms with Crippen LogP contribution in [0, 0.1) is 0 Å². The Labute approximate surface area is 156 Å². The minimum atomic E-state index is -4.34. The quantitative estimate of drug-likeness (QED) is 0.807. The molecule has 0 saturated carbocycles. The molecule has 146 valence electrons. The summed E-state index contributed by atoms with van der Waals surface area (Å²) in [6.07, 6.45) is -0.744. The lowest BCUT2D eigenvalue weighted by molar-refractivity contribution is -0.137. The standard InChI is InChI=1S/C18H20F3N3O2S/c19-18(20,21)15-5-3-14(4-6-15)9-10-22-17-8-7-16(13-23-17)27(25,26)24-11-1-2-12-24/h3-8,13H,1-2,9-12H2,(H,22,23). The van der Waals surface area contributed by atoms with Crippen LogP contribution in [0.2, 0.25) is 0 Å². The molecular formula is C18H20F3N3O2S. The van der Waals surface area contributed by atoms with Gasteiger partial charge < -0.3 is 5.32 Å². The first-order valence-electron chi connectivity index (χ1n) is 8.63. The Morgan fingerprint density at radius 2 is 1.70 bits per heavy atom. The summed E-state index contributed by atoms with van der Waals surface area (Å²) in [5.41, 5.74) is 0.0967. The number of pyridine rings is 1. The Bertz CT molecular complexity index is 860. The van der Waals surface area contributed by atoms with E-state index in [9.17, 15) is 21.6 Å². The summed E-state index contributed by atoms with van der Waals surface area (Å²) < 4.78 is 63.9. The third kappa shape index (κ3) is 4.78. The molecule has 1 aliphatic heterocycles. The average Bonchev–Trinajstić information content (AvgIpc) is 3.17. The maximum Gasteiger partial charge on any atom is 0.416 e. The van der Waals surface area contributed by atoms with Gasteiger partial charge >= 0.3 is 6.18 Å². The number of halogens is 3. The molecule has 1 saturated heterocycles. The van der Waals surface area contributed by atoms with Crippen LogP contribution in [0.15, 0.2) is 47.5 Å². The van der Waals surface area contributed by atoms with E-state index in [1.54, 1.807) is 6.07 Å². The number of anilines is 1. The highest BCUT2D eigenvalue weighted by Gasteiger charge is 2.30. The van der Waals surface area contributed by atoms with Gasteiger partial charge in [-0.25, -0.2) is 13.4 Å². The summed E-state index contributed by atoms with van der Waals surface area (Å²) in [6.45, 7) is 1.54. The molecule has 0 bridgehead atoms. The van der Waals surface area contributed by atoms with Crippen LogP contribution in [-0.2, 0) is 22.6 Å². The highest BCUT2D eigenvalue weighted by Crippen LogP contribution is 2.29. The van der Waals surface area contributed by atoms with Crippen LogP contribution in [0.5, 0.6) is 0 Å². The second-order valence-corrected chi connectivity index (χ2v) is 8.30. The summed E-state index contributed by atoms with van der Waals surface area (Å²) >= 11 is 0. The van der Waals surface area contributed by atoms with Crippen LogP contribution in [0.4, 0.5) is 19.0 Å². The molecule has 1 aliphatic rings. The van der Waals surface area contributed by atoms with E-state index >= 15 is 0 Å². The number of nitrogens with zero attached hydrogens (tertiary/aromatic N) is 2. The van der Waals surface area contributed by atoms with E-state index in [1.807, 2.05) is 0 Å². The SMILES string of the molecule is O=S(=O)(c1ccc(NCCc2ccc(C(F)(F)F)cc2)nc1)N1CCCC1. The van der Waals surface area contributed by atoms with Crippen molar-refractivity contribution in [2.75, 3.05) is 25.0 Å². The van der Waals surface area contributed by atoms with Crippen molar-refractivity contribution in [3.8, 4) is 0 Å². The van der Waals surface area contributed by atoms with Crippen molar-refractivity contribution in [2.24, 2.45) is 0 Å². The molecule has 2 heterocycles. The first-order valence-corrected chi connectivity index (χ1v) is 10.1. The molecule has 2 aromatic rings. The van der Waals surface area contributed by atoms with Crippen LogP contribution in [-0.4, -0.2) is 37.3 Å². The van der Waals surface area contributed by atoms with Gasteiger partial charge in [0, 0.05) is 25.8 Å². The molecule has 0 atom stereocenters.